The fraction of sp³-hybridized carbons (Fsp3) is 0.929. The Kier molecular flexibility index (Phi) is 1.65. The van der Waals surface area contributed by atoms with Gasteiger partial charge in [-0.05, 0) is 67.1 Å². The summed E-state index contributed by atoms with van der Waals surface area (Å²) in [6, 6.07) is 0. The second kappa shape index (κ2) is 2.45. The molecule has 0 heterocycles. The Morgan fingerprint density at radius 1 is 0.933 bits per heavy atom. The quantitative estimate of drug-likeness (QED) is 0.700. The van der Waals surface area contributed by atoms with Crippen molar-refractivity contribution in [2.24, 2.45) is 21.7 Å². The van der Waals surface area contributed by atoms with E-state index in [2.05, 4.69) is 20.8 Å². The molecule has 0 amide bonds. The maximum Gasteiger partial charge on any atom is 0.0488 e. The molecule has 0 spiro atoms. The summed E-state index contributed by atoms with van der Waals surface area (Å²) in [5.74, 6) is 0. The number of rotatable bonds is 1. The molecule has 4 bridgehead atoms. The zero-order valence-corrected chi connectivity index (χ0v) is 10.1. The molecular weight excluding hydrogens is 184 g/mol. The van der Waals surface area contributed by atoms with Crippen LogP contribution in [0.1, 0.15) is 52.4 Å². The SMILES string of the molecule is [CH2]C12CC3(C)CC(C)(C1)CC(CO)(C2)C3. The monoisotopic (exact) mass is 207 g/mol. The molecule has 0 aromatic rings. The van der Waals surface area contributed by atoms with Gasteiger partial charge in [0.05, 0.1) is 0 Å². The van der Waals surface area contributed by atoms with E-state index in [1.807, 2.05) is 0 Å². The molecule has 4 aliphatic carbocycles. The minimum Gasteiger partial charge on any atom is -0.396 e. The van der Waals surface area contributed by atoms with Gasteiger partial charge in [-0.15, -0.1) is 0 Å². The molecule has 4 fully saturated rings. The van der Waals surface area contributed by atoms with Crippen molar-refractivity contribution in [3.8, 4) is 0 Å². The van der Waals surface area contributed by atoms with Gasteiger partial charge < -0.3 is 5.11 Å². The van der Waals surface area contributed by atoms with E-state index in [0.29, 0.717) is 17.4 Å². The molecule has 0 saturated heterocycles. The number of aliphatic hydroxyl groups is 1. The minimum atomic E-state index is 0.222. The van der Waals surface area contributed by atoms with Crippen molar-refractivity contribution in [1.82, 2.24) is 0 Å². The third-order valence-corrected chi connectivity index (χ3v) is 5.15. The molecule has 15 heavy (non-hydrogen) atoms. The van der Waals surface area contributed by atoms with Crippen molar-refractivity contribution in [2.75, 3.05) is 6.61 Å². The molecule has 0 aliphatic heterocycles. The average molecular weight is 207 g/mol. The zero-order chi connectivity index (χ0) is 10.9. The van der Waals surface area contributed by atoms with Crippen LogP contribution in [0.25, 0.3) is 0 Å². The summed E-state index contributed by atoms with van der Waals surface area (Å²) in [5.41, 5.74) is 1.43. The Balaban J connectivity index is 2.06. The van der Waals surface area contributed by atoms with E-state index in [0.717, 1.165) is 0 Å². The van der Waals surface area contributed by atoms with E-state index in [1.165, 1.54) is 38.5 Å². The molecule has 2 unspecified atom stereocenters. The van der Waals surface area contributed by atoms with Gasteiger partial charge in [0.1, 0.15) is 0 Å². The largest absolute Gasteiger partial charge is 0.396 e. The first kappa shape index (κ1) is 10.1. The Morgan fingerprint density at radius 2 is 1.47 bits per heavy atom. The molecule has 4 aliphatic rings. The molecule has 85 valence electrons. The van der Waals surface area contributed by atoms with Gasteiger partial charge in [-0.2, -0.15) is 0 Å². The van der Waals surface area contributed by atoms with E-state index < -0.39 is 0 Å². The zero-order valence-electron chi connectivity index (χ0n) is 10.1. The highest BCUT2D eigenvalue weighted by Crippen LogP contribution is 2.73. The van der Waals surface area contributed by atoms with Gasteiger partial charge in [0.15, 0.2) is 0 Å². The molecule has 1 N–H and O–H groups in total. The molecule has 4 rings (SSSR count). The van der Waals surface area contributed by atoms with Crippen LogP contribution >= 0.6 is 0 Å². The fourth-order valence-corrected chi connectivity index (χ4v) is 6.36. The summed E-state index contributed by atoms with van der Waals surface area (Å²) >= 11 is 0. The Bertz CT molecular complexity index is 253. The van der Waals surface area contributed by atoms with Crippen LogP contribution in [-0.2, 0) is 0 Å². The Labute approximate surface area is 93.3 Å². The lowest BCUT2D eigenvalue weighted by Crippen LogP contribution is -2.59. The maximum absolute atomic E-state index is 9.75. The summed E-state index contributed by atoms with van der Waals surface area (Å²) in [7, 11) is 0. The van der Waals surface area contributed by atoms with Crippen LogP contribution in [0.2, 0.25) is 0 Å². The molecule has 2 atom stereocenters. The topological polar surface area (TPSA) is 20.2 Å². The van der Waals surface area contributed by atoms with Gasteiger partial charge in [-0.3, -0.25) is 0 Å². The fourth-order valence-electron chi connectivity index (χ4n) is 6.36. The summed E-state index contributed by atoms with van der Waals surface area (Å²) in [6.45, 7) is 9.73. The van der Waals surface area contributed by atoms with Gasteiger partial charge in [-0.1, -0.05) is 13.8 Å². The lowest BCUT2D eigenvalue weighted by Gasteiger charge is -2.68. The molecule has 1 radical (unpaired) electrons. The second-order valence-corrected chi connectivity index (χ2v) is 7.84. The summed E-state index contributed by atoms with van der Waals surface area (Å²) in [5, 5.41) is 9.75. The van der Waals surface area contributed by atoms with Crippen molar-refractivity contribution in [1.29, 1.82) is 0 Å². The van der Waals surface area contributed by atoms with Crippen molar-refractivity contribution in [2.45, 2.75) is 52.4 Å². The van der Waals surface area contributed by atoms with Crippen molar-refractivity contribution in [3.05, 3.63) is 6.92 Å². The minimum absolute atomic E-state index is 0.222. The maximum atomic E-state index is 9.75. The van der Waals surface area contributed by atoms with E-state index in [-0.39, 0.29) is 10.8 Å². The third kappa shape index (κ3) is 1.32. The summed E-state index contributed by atoms with van der Waals surface area (Å²) < 4.78 is 0. The third-order valence-electron chi connectivity index (χ3n) is 5.15. The summed E-state index contributed by atoms with van der Waals surface area (Å²) in [6.07, 6.45) is 7.59. The smallest absolute Gasteiger partial charge is 0.0488 e. The molecule has 1 nitrogen and oxygen atoms in total. The van der Waals surface area contributed by atoms with Crippen LogP contribution in [0, 0.1) is 28.6 Å². The van der Waals surface area contributed by atoms with E-state index in [4.69, 9.17) is 0 Å². The first-order valence-corrected chi connectivity index (χ1v) is 6.27. The van der Waals surface area contributed by atoms with Crippen LogP contribution < -0.4 is 0 Å². The molecule has 0 aromatic heterocycles. The standard InChI is InChI=1S/C14H23O/c1-11-4-12(2)6-13(3,5-11)9-14(7-11,8-12)10-15/h15H,1,4-10H2,2-3H3. The predicted octanol–water partition coefficient (Wildman–Crippen LogP) is 3.18. The number of aliphatic hydroxyl groups excluding tert-OH is 1. The summed E-state index contributed by atoms with van der Waals surface area (Å²) in [4.78, 5) is 0. The van der Waals surface area contributed by atoms with Crippen LogP contribution in [0.15, 0.2) is 0 Å². The predicted molar refractivity (Wildman–Crippen MR) is 61.2 cm³/mol. The molecule has 1 heteroatoms. The molecule has 4 saturated carbocycles. The van der Waals surface area contributed by atoms with Crippen LogP contribution in [-0.4, -0.2) is 11.7 Å². The van der Waals surface area contributed by atoms with Gasteiger partial charge in [-0.25, -0.2) is 0 Å². The highest BCUT2D eigenvalue weighted by molar-refractivity contribution is 5.15. The van der Waals surface area contributed by atoms with E-state index >= 15 is 0 Å². The van der Waals surface area contributed by atoms with E-state index in [9.17, 15) is 5.11 Å². The van der Waals surface area contributed by atoms with Crippen molar-refractivity contribution >= 4 is 0 Å². The number of hydrogen-bond donors (Lipinski definition) is 1. The number of hydrogen-bond acceptors (Lipinski definition) is 1. The van der Waals surface area contributed by atoms with Gasteiger partial charge in [0, 0.05) is 6.61 Å². The van der Waals surface area contributed by atoms with E-state index in [1.54, 1.807) is 0 Å². The Morgan fingerprint density at radius 3 is 1.87 bits per heavy atom. The normalized spacial score (nSPS) is 62.4. The first-order chi connectivity index (χ1) is 6.80. The highest BCUT2D eigenvalue weighted by Gasteiger charge is 2.63. The van der Waals surface area contributed by atoms with Crippen LogP contribution in [0.5, 0.6) is 0 Å². The first-order valence-electron chi connectivity index (χ1n) is 6.27. The lowest BCUT2D eigenvalue weighted by atomic mass is 9.36. The van der Waals surface area contributed by atoms with Crippen LogP contribution in [0.3, 0.4) is 0 Å². The molecular formula is C14H23O. The van der Waals surface area contributed by atoms with Gasteiger partial charge >= 0.3 is 0 Å². The van der Waals surface area contributed by atoms with Gasteiger partial charge in [0.25, 0.3) is 0 Å². The Hall–Kier alpha value is -0.0400. The van der Waals surface area contributed by atoms with Crippen molar-refractivity contribution in [3.63, 3.8) is 0 Å². The second-order valence-electron chi connectivity index (χ2n) is 7.84. The van der Waals surface area contributed by atoms with Crippen LogP contribution in [0.4, 0.5) is 0 Å². The highest BCUT2D eigenvalue weighted by atomic mass is 16.3. The average Bonchev–Trinajstić information content (AvgIpc) is 1.94. The van der Waals surface area contributed by atoms with Crippen molar-refractivity contribution < 1.29 is 5.11 Å². The molecule has 0 aromatic carbocycles. The lowest BCUT2D eigenvalue weighted by molar-refractivity contribution is -0.186. The van der Waals surface area contributed by atoms with Gasteiger partial charge in [0.2, 0.25) is 0 Å².